The van der Waals surface area contributed by atoms with Crippen molar-refractivity contribution >= 4 is 0 Å². The first-order valence-corrected chi connectivity index (χ1v) is 8.58. The van der Waals surface area contributed by atoms with Crippen LogP contribution in [0.4, 0.5) is 0 Å². The molecule has 2 aliphatic rings. The largest absolute Gasteiger partial charge is 0.310 e. The minimum absolute atomic E-state index is 0.847. The molecule has 0 aromatic heterocycles. The zero-order valence-electron chi connectivity index (χ0n) is 15.0. The molecular formula is C17H39N3. The number of hydrogen-bond acceptors (Lipinski definition) is 3. The minimum atomic E-state index is 0.847. The minimum Gasteiger partial charge on any atom is -0.310 e. The summed E-state index contributed by atoms with van der Waals surface area (Å²) < 4.78 is 0. The van der Waals surface area contributed by atoms with Crippen LogP contribution in [0.1, 0.15) is 52.9 Å². The highest BCUT2D eigenvalue weighted by Crippen LogP contribution is 2.12. The molecule has 2 heterocycles. The van der Waals surface area contributed by atoms with Gasteiger partial charge in [-0.05, 0) is 86.5 Å². The van der Waals surface area contributed by atoms with Crippen molar-refractivity contribution < 1.29 is 0 Å². The molecule has 2 aliphatic heterocycles. The fourth-order valence-electron chi connectivity index (χ4n) is 2.35. The molecule has 0 radical (unpaired) electrons. The molecular weight excluding hydrogens is 246 g/mol. The van der Waals surface area contributed by atoms with Crippen molar-refractivity contribution in [3.05, 3.63) is 0 Å². The first-order chi connectivity index (χ1) is 9.51. The molecule has 0 aromatic rings. The molecule has 0 aliphatic carbocycles. The highest BCUT2D eigenvalue weighted by molar-refractivity contribution is 4.70. The fraction of sp³-hybridized carbons (Fsp3) is 1.00. The molecule has 0 unspecified atom stereocenters. The monoisotopic (exact) mass is 285 g/mol. The van der Waals surface area contributed by atoms with Crippen LogP contribution < -0.4 is 0 Å². The van der Waals surface area contributed by atoms with E-state index in [0.717, 1.165) is 12.6 Å². The lowest BCUT2D eigenvalue weighted by atomic mass is 10.1. The van der Waals surface area contributed by atoms with Crippen LogP contribution >= 0.6 is 0 Å². The van der Waals surface area contributed by atoms with Gasteiger partial charge in [-0.2, -0.15) is 0 Å². The summed E-state index contributed by atoms with van der Waals surface area (Å²) in [5.41, 5.74) is 0. The Hall–Kier alpha value is -0.120. The van der Waals surface area contributed by atoms with Crippen LogP contribution in [0.25, 0.3) is 0 Å². The summed E-state index contributed by atoms with van der Waals surface area (Å²) in [6.07, 6.45) is 7.10. The number of likely N-dealkylation sites (tertiary alicyclic amines) is 2. The van der Waals surface area contributed by atoms with Gasteiger partial charge in [-0.3, -0.25) is 0 Å². The standard InChI is InChI=1S/C7H15N.C6H13N.C4H11N/c1-2-8-6-4-3-5-7-8;1-6-4-3-5-7(6)2;1-4-5(2)3/h2-7H2,1H3;6H,3-5H2,1-2H3;4H2,1-3H3/t;6-;/m.0./s1. The fourth-order valence-corrected chi connectivity index (χ4v) is 2.35. The van der Waals surface area contributed by atoms with Crippen molar-refractivity contribution in [1.29, 1.82) is 0 Å². The van der Waals surface area contributed by atoms with Crippen molar-refractivity contribution in [2.45, 2.75) is 58.9 Å². The molecule has 0 amide bonds. The second kappa shape index (κ2) is 12.6. The molecule has 0 N–H and O–H groups in total. The maximum absolute atomic E-state index is 2.52. The number of hydrogen-bond donors (Lipinski definition) is 0. The normalized spacial score (nSPS) is 23.9. The van der Waals surface area contributed by atoms with Crippen LogP contribution in [-0.2, 0) is 0 Å². The average Bonchev–Trinajstić information content (AvgIpc) is 2.85. The summed E-state index contributed by atoms with van der Waals surface area (Å²) >= 11 is 0. The highest BCUT2D eigenvalue weighted by Gasteiger charge is 2.14. The molecule has 3 nitrogen and oxygen atoms in total. The Morgan fingerprint density at radius 3 is 1.70 bits per heavy atom. The van der Waals surface area contributed by atoms with Gasteiger partial charge in [-0.25, -0.2) is 0 Å². The van der Waals surface area contributed by atoms with Gasteiger partial charge in [0, 0.05) is 6.04 Å². The average molecular weight is 286 g/mol. The van der Waals surface area contributed by atoms with Gasteiger partial charge in [0.1, 0.15) is 0 Å². The Morgan fingerprint density at radius 1 is 0.950 bits per heavy atom. The lowest BCUT2D eigenvalue weighted by molar-refractivity contribution is 0.240. The summed E-state index contributed by atoms with van der Waals surface area (Å²) in [4.78, 5) is 7.05. The summed E-state index contributed by atoms with van der Waals surface area (Å²) in [6, 6.07) is 0.847. The highest BCUT2D eigenvalue weighted by atomic mass is 15.1. The van der Waals surface area contributed by atoms with Crippen molar-refractivity contribution in [1.82, 2.24) is 14.7 Å². The predicted molar refractivity (Wildman–Crippen MR) is 91.5 cm³/mol. The molecule has 2 saturated heterocycles. The van der Waals surface area contributed by atoms with Gasteiger partial charge in [-0.1, -0.05) is 20.3 Å². The molecule has 3 heteroatoms. The smallest absolute Gasteiger partial charge is 0.00643 e. The zero-order valence-corrected chi connectivity index (χ0v) is 15.0. The molecule has 0 saturated carbocycles. The lowest BCUT2D eigenvalue weighted by Gasteiger charge is -2.24. The predicted octanol–water partition coefficient (Wildman–Crippen LogP) is 3.16. The lowest BCUT2D eigenvalue weighted by Crippen LogP contribution is -2.29. The first kappa shape index (κ1) is 19.9. The zero-order chi connectivity index (χ0) is 15.4. The van der Waals surface area contributed by atoms with E-state index in [4.69, 9.17) is 0 Å². The Kier molecular flexibility index (Phi) is 12.5. The van der Waals surface area contributed by atoms with E-state index in [1.54, 1.807) is 0 Å². The van der Waals surface area contributed by atoms with Gasteiger partial charge < -0.3 is 14.7 Å². The molecule has 0 aromatic carbocycles. The van der Waals surface area contributed by atoms with E-state index in [1.165, 1.54) is 58.3 Å². The van der Waals surface area contributed by atoms with Crippen molar-refractivity contribution in [3.8, 4) is 0 Å². The third-order valence-electron chi connectivity index (χ3n) is 4.41. The SMILES string of the molecule is CCN(C)C.CCN1CCCCC1.C[C@H]1CCCN1C. The number of piperidine rings is 1. The molecule has 0 spiro atoms. The van der Waals surface area contributed by atoms with Gasteiger partial charge in [-0.15, -0.1) is 0 Å². The molecule has 2 fully saturated rings. The summed E-state index contributed by atoms with van der Waals surface area (Å²) in [7, 11) is 6.30. The van der Waals surface area contributed by atoms with Crippen LogP contribution in [0.15, 0.2) is 0 Å². The van der Waals surface area contributed by atoms with Crippen molar-refractivity contribution in [2.75, 3.05) is 53.9 Å². The summed E-state index contributed by atoms with van der Waals surface area (Å²) in [5.74, 6) is 0. The van der Waals surface area contributed by atoms with E-state index in [-0.39, 0.29) is 0 Å². The Bertz CT molecular complexity index is 192. The van der Waals surface area contributed by atoms with Crippen molar-refractivity contribution in [2.24, 2.45) is 0 Å². The van der Waals surface area contributed by atoms with E-state index in [1.807, 2.05) is 0 Å². The van der Waals surface area contributed by atoms with E-state index in [9.17, 15) is 0 Å². The van der Waals surface area contributed by atoms with Gasteiger partial charge in [0.05, 0.1) is 0 Å². The van der Waals surface area contributed by atoms with Gasteiger partial charge in [0.25, 0.3) is 0 Å². The van der Waals surface area contributed by atoms with Crippen molar-refractivity contribution in [3.63, 3.8) is 0 Å². The quantitative estimate of drug-likeness (QED) is 0.771. The molecule has 0 bridgehead atoms. The van der Waals surface area contributed by atoms with Crippen LogP contribution in [0, 0.1) is 0 Å². The van der Waals surface area contributed by atoms with Gasteiger partial charge in [0.15, 0.2) is 0 Å². The number of nitrogens with zero attached hydrogens (tertiary/aromatic N) is 3. The maximum atomic E-state index is 2.52. The topological polar surface area (TPSA) is 9.72 Å². The molecule has 122 valence electrons. The second-order valence-corrected chi connectivity index (χ2v) is 6.36. The van der Waals surface area contributed by atoms with E-state index >= 15 is 0 Å². The summed E-state index contributed by atoms with van der Waals surface area (Å²) in [6.45, 7) is 13.0. The first-order valence-electron chi connectivity index (χ1n) is 8.58. The van der Waals surface area contributed by atoms with E-state index in [0.29, 0.717) is 0 Å². The third-order valence-corrected chi connectivity index (χ3v) is 4.41. The Balaban J connectivity index is 0.000000280. The Morgan fingerprint density at radius 2 is 1.50 bits per heavy atom. The third kappa shape index (κ3) is 10.6. The van der Waals surface area contributed by atoms with E-state index < -0.39 is 0 Å². The van der Waals surface area contributed by atoms with Crippen LogP contribution in [0.5, 0.6) is 0 Å². The molecule has 2 rings (SSSR count). The van der Waals surface area contributed by atoms with Gasteiger partial charge in [0.2, 0.25) is 0 Å². The maximum Gasteiger partial charge on any atom is 0.00643 e. The van der Waals surface area contributed by atoms with E-state index in [2.05, 4.69) is 56.6 Å². The Labute approximate surface area is 128 Å². The van der Waals surface area contributed by atoms with Crippen LogP contribution in [0.2, 0.25) is 0 Å². The van der Waals surface area contributed by atoms with Gasteiger partial charge >= 0.3 is 0 Å². The molecule has 1 atom stereocenters. The number of rotatable bonds is 2. The van der Waals surface area contributed by atoms with Crippen LogP contribution in [-0.4, -0.2) is 74.6 Å². The molecule has 20 heavy (non-hydrogen) atoms. The van der Waals surface area contributed by atoms with Crippen LogP contribution in [0.3, 0.4) is 0 Å². The second-order valence-electron chi connectivity index (χ2n) is 6.36. The summed E-state index contributed by atoms with van der Waals surface area (Å²) in [5, 5.41) is 0.